The summed E-state index contributed by atoms with van der Waals surface area (Å²) in [6.45, 7) is 80.3. The molecule has 147 heavy (non-hydrogen) atoms. The number of aliphatic hydroxyl groups is 2. The molecule has 0 spiro atoms. The first-order valence-electron chi connectivity index (χ1n) is 49.5. The Morgan fingerprint density at radius 3 is 1.28 bits per heavy atom. The van der Waals surface area contributed by atoms with Gasteiger partial charge in [0.05, 0.1) is 48.0 Å². The smallest absolute Gasteiger partial charge is 0.351 e. The zero-order valence-corrected chi connectivity index (χ0v) is 98.5. The van der Waals surface area contributed by atoms with Crippen LogP contribution in [-0.2, 0) is 98.2 Å². The minimum atomic E-state index is -3.82. The van der Waals surface area contributed by atoms with Crippen LogP contribution in [0.2, 0.25) is 44.3 Å². The summed E-state index contributed by atoms with van der Waals surface area (Å²) in [4.78, 5) is 90.0. The number of amides is 2. The molecule has 8 N–H and O–H groups in total. The van der Waals surface area contributed by atoms with E-state index >= 15 is 0 Å². The third-order valence-corrected chi connectivity index (χ3v) is 49.3. The molecule has 5 fully saturated rings. The van der Waals surface area contributed by atoms with Crippen molar-refractivity contribution in [2.24, 2.45) is 24.7 Å². The Morgan fingerprint density at radius 1 is 0.544 bits per heavy atom. The first-order valence-corrected chi connectivity index (χ1v) is 58.8. The molecule has 11 rings (SSSR count). The van der Waals surface area contributed by atoms with Crippen LogP contribution in [0.5, 0.6) is 11.5 Å². The van der Waals surface area contributed by atoms with E-state index in [9.17, 15) is 58.3 Å². The number of aliphatic hydroxyl groups excluding tert-OH is 2. The molecule has 5 aliphatic heterocycles. The topological polar surface area (TPSA) is 558 Å². The van der Waals surface area contributed by atoms with Gasteiger partial charge in [-0.15, -0.1) is 0 Å². The number of hydrogen-bond acceptors (Lipinski definition) is 28. The Bertz CT molecular complexity index is 6040. The second-order valence-electron chi connectivity index (χ2n) is 46.1. The van der Waals surface area contributed by atoms with Crippen molar-refractivity contribution >= 4 is 86.0 Å². The zero-order chi connectivity index (χ0) is 111. The fraction of sp³-hybridized carbons (Fsp3) is 0.644. The van der Waals surface area contributed by atoms with Crippen molar-refractivity contribution in [2.45, 2.75) is 405 Å². The molecule has 8 heterocycles. The summed E-state index contributed by atoms with van der Waals surface area (Å²) in [5, 5.41) is 54.5. The standard InChI is InChI=1S/C36H56N2O2.C24H42N6O6Si2.C24H41N3O6Si2.C10H14N6O4.C7H7N3O2S.Co/c1-31(2,3)25-17-23(29(39)27(19-25)33(7,8)9)21-37-35(13,14)36(15,16)38-22-24-18-26(32(4,5)6)20-28(30(24)40)34(10,11)12;1-14(2)37(15(3)4)33-13-19-21(35-38(36-37,16(5)6)17(7)8)24(10,28-29-25)22(34-19)30-12-11-20(26-18(9)31)27-23(30)32;1-14(2)34(15(3)4)30-13-20-22(32-35(33-34,16(5)6)17(7)8)18(9)23(31-20)27-12-11-21(25-19(10)28)26-24(27)29;1-10(14-15-12)7(18)5(4-17)20-8(10)16-3-2-6(11)13-9(16)19;1-6-2-4-7(5-3-6)13(11,12)10-9-8;/h17-22,39-40H,1-16H3;11-12,14-17,19,21-22H,13H2,1-10H3,(H,26,27,31,32);11-12,14-17,20,22-23H,9,13H2,1-8,10H3,(H,25,26,28,29);2-3,5,7-8,17-18H,4H2,1H3,(H2,11,13,19);2-5H,1H3;/t;19-,21-,22-,24-;20-,22+,23-;5-,7-,8-,10-;;/m.111../s1. The molecule has 40 nitrogen and oxygen atoms in total. The Morgan fingerprint density at radius 2 is 0.918 bits per heavy atom. The number of azide groups is 3. The van der Waals surface area contributed by atoms with E-state index in [1.54, 1.807) is 43.7 Å². The number of benzene rings is 3. The molecule has 1 radical (unpaired) electrons. The van der Waals surface area contributed by atoms with Gasteiger partial charge >= 0.3 is 51.3 Å². The van der Waals surface area contributed by atoms with Crippen molar-refractivity contribution in [3.8, 4) is 11.5 Å². The predicted octanol–water partition coefficient (Wildman–Crippen LogP) is 20.3. The van der Waals surface area contributed by atoms with Gasteiger partial charge in [0.25, 0.3) is 10.0 Å². The second kappa shape index (κ2) is 48.9. The van der Waals surface area contributed by atoms with Crippen molar-refractivity contribution in [3.63, 3.8) is 0 Å². The molecule has 0 aliphatic carbocycles. The number of nitrogens with one attached hydrogen (secondary N) is 2. The molecule has 3 aromatic heterocycles. The minimum absolute atomic E-state index is 0. The van der Waals surface area contributed by atoms with E-state index in [0.717, 1.165) is 43.5 Å². The van der Waals surface area contributed by atoms with Crippen LogP contribution >= 0.6 is 0 Å². The third kappa shape index (κ3) is 28.5. The first-order chi connectivity index (χ1) is 67.1. The number of aromatic hydroxyl groups is 2. The van der Waals surface area contributed by atoms with Crippen LogP contribution in [-0.4, -0.2) is 195 Å². The number of nitrogens with zero attached hydrogens (tertiary/aromatic N) is 17. The third-order valence-electron chi connectivity index (χ3n) is 27.7. The van der Waals surface area contributed by atoms with Crippen molar-refractivity contribution in [2.75, 3.05) is 36.2 Å². The largest absolute Gasteiger partial charge is 0.507 e. The van der Waals surface area contributed by atoms with Gasteiger partial charge in [-0.05, 0) is 185 Å². The molecular formula is C101H160CoN20O20SSi4. The van der Waals surface area contributed by atoms with Gasteiger partial charge in [-0.2, -0.15) is 15.0 Å². The number of ether oxygens (including phenoxy) is 3. The number of anilines is 3. The summed E-state index contributed by atoms with van der Waals surface area (Å²) < 4.78 is 89.0. The van der Waals surface area contributed by atoms with Gasteiger partial charge in [-0.25, -0.2) is 22.8 Å². The molecule has 11 atom stereocenters. The van der Waals surface area contributed by atoms with Gasteiger partial charge in [0.15, 0.2) is 18.7 Å². The summed E-state index contributed by atoms with van der Waals surface area (Å²) in [5.74, 6) is 0.260. The van der Waals surface area contributed by atoms with Gasteiger partial charge < -0.3 is 76.9 Å². The summed E-state index contributed by atoms with van der Waals surface area (Å²) in [7, 11) is -15.2. The molecule has 0 unspecified atom stereocenters. The SMILES string of the molecule is C=C1[C@H](n2ccc(NC(C)=O)nc2=O)O[C@@H]2CO[Si](C(C)C)(C(C)C)O[Si](C(C)C)(C(C)C)O[C@@H]12.CC(=O)Nc1ccn([C@@H]2O[C@@H]3CO[Si](C(C)C)(C(C)C)O[Si](C(C)C)(C(C)C)O[C@H]3[C@@]2(C)N=[N+]=[N-])c(=O)n1.CC(C)(C)c1cc(C=NC(C)(C)C(C)(C)N=Cc2cc(C(C)(C)C)cc(C(C)(C)C)c2O)c(O)c(C(C)(C)C)c1.C[C@@]1(N=[N+]=[N-])[C@H](O)[C@@H](CO)O[C@H]1n1ccc(N)nc1=O.Cc1ccc(S(=O)(=O)N=[N+]=[N-])cc1.[Co]. The number of carbonyl (C=O) groups is 2. The minimum Gasteiger partial charge on any atom is -0.507 e. The molecule has 46 heteroatoms. The maximum absolute atomic E-state index is 13.1. The molecular weight excluding hydrogens is 2020 g/mol. The van der Waals surface area contributed by atoms with E-state index in [4.69, 9.17) is 66.9 Å². The summed E-state index contributed by atoms with van der Waals surface area (Å²) in [5.41, 5.74) is 33.6. The predicted molar refractivity (Wildman–Crippen MR) is 577 cm³/mol. The Hall–Kier alpha value is -9.47. The molecule has 5 saturated heterocycles. The number of aliphatic imine (C=N–C) groups is 2. The fourth-order valence-corrected chi connectivity index (χ4v) is 41.4. The van der Waals surface area contributed by atoms with Crippen LogP contribution in [0, 0.1) is 6.92 Å². The van der Waals surface area contributed by atoms with Gasteiger partial charge in [-0.1, -0.05) is 241 Å². The molecule has 0 bridgehead atoms. The molecule has 0 saturated carbocycles. The first kappa shape index (κ1) is 126. The fourth-order valence-electron chi connectivity index (χ4n) is 18.2. The number of hydrogen-bond donors (Lipinski definition) is 7. The normalized spacial score (nSPS) is 23.0. The molecule has 3 aromatic carbocycles. The van der Waals surface area contributed by atoms with Crippen LogP contribution in [0.4, 0.5) is 17.5 Å². The number of fused-ring (bicyclic) bond motifs is 2. The van der Waals surface area contributed by atoms with E-state index in [0.29, 0.717) is 12.2 Å². The van der Waals surface area contributed by atoms with Gasteiger partial charge in [0.2, 0.25) is 11.8 Å². The number of phenols is 2. The Labute approximate surface area is 880 Å². The molecule has 6 aromatic rings. The van der Waals surface area contributed by atoms with Gasteiger partial charge in [0, 0.05) is 109 Å². The number of nitrogen functional groups attached to an aromatic ring is 1. The number of aromatic nitrogens is 6. The number of nitrogens with two attached hydrogens (primary N) is 1. The molecule has 5 aliphatic rings. The van der Waals surface area contributed by atoms with Crippen LogP contribution in [0.25, 0.3) is 31.3 Å². The van der Waals surface area contributed by atoms with Gasteiger partial charge in [-0.3, -0.25) is 33.3 Å². The van der Waals surface area contributed by atoms with Crippen LogP contribution in [0.15, 0.2) is 141 Å². The number of sulfonamides is 1. The van der Waals surface area contributed by atoms with Crippen molar-refractivity contribution < 1.29 is 95.4 Å². The van der Waals surface area contributed by atoms with E-state index < -0.39 is 145 Å². The Kier molecular flexibility index (Phi) is 42.0. The summed E-state index contributed by atoms with van der Waals surface area (Å²) in [6.07, 6.45) is 0.628. The van der Waals surface area contributed by atoms with E-state index in [-0.39, 0.29) is 135 Å². The van der Waals surface area contributed by atoms with Crippen molar-refractivity contribution in [1.82, 2.24) is 28.7 Å². The van der Waals surface area contributed by atoms with Gasteiger partial charge in [0.1, 0.15) is 64.4 Å². The maximum Gasteiger partial charge on any atom is 0.351 e. The van der Waals surface area contributed by atoms with Crippen molar-refractivity contribution in [1.29, 1.82) is 0 Å². The van der Waals surface area contributed by atoms with E-state index in [1.807, 2.05) is 19.1 Å². The van der Waals surface area contributed by atoms with Crippen LogP contribution in [0.1, 0.15) is 307 Å². The van der Waals surface area contributed by atoms with E-state index in [1.165, 1.54) is 66.6 Å². The Balaban J connectivity index is 0.000000292. The van der Waals surface area contributed by atoms with Crippen molar-refractivity contribution in [3.05, 3.63) is 199 Å². The number of rotatable bonds is 23. The number of phenolic OH excluding ortho intramolecular Hbond substituents is 2. The summed E-state index contributed by atoms with van der Waals surface area (Å²) >= 11 is 0. The quantitative estimate of drug-likeness (QED) is 0.00782. The summed E-state index contributed by atoms with van der Waals surface area (Å²) in [6, 6.07) is 18.9. The van der Waals surface area contributed by atoms with Crippen LogP contribution < -0.4 is 33.4 Å². The average Bonchev–Trinajstić information content (AvgIpc) is 1.58. The monoisotopic (exact) mass is 2180 g/mol. The number of aryl methyl sites for hydroxylation is 1. The maximum atomic E-state index is 13.1. The zero-order valence-electron chi connectivity index (χ0n) is 92.6. The average molecular weight is 2180 g/mol. The van der Waals surface area contributed by atoms with Crippen LogP contribution in [0.3, 0.4) is 0 Å². The molecule has 2 amide bonds. The number of carbonyl (C=O) groups excluding carboxylic acids is 2. The second-order valence-corrected chi connectivity index (χ2v) is 65.3. The van der Waals surface area contributed by atoms with E-state index in [2.05, 4.69) is 295 Å². The molecule has 815 valence electrons.